The molecule has 0 spiro atoms. The van der Waals surface area contributed by atoms with E-state index < -0.39 is 0 Å². The van der Waals surface area contributed by atoms with Crippen molar-refractivity contribution in [3.05, 3.63) is 30.1 Å². The van der Waals surface area contributed by atoms with Gasteiger partial charge >= 0.3 is 0 Å². The lowest BCUT2D eigenvalue weighted by atomic mass is 10.3. The van der Waals surface area contributed by atoms with Crippen molar-refractivity contribution in [2.75, 3.05) is 0 Å². The Balaban J connectivity index is 2.18. The minimum Gasteiger partial charge on any atom is -0.269 e. The first-order valence-corrected chi connectivity index (χ1v) is 4.38. The van der Waals surface area contributed by atoms with Gasteiger partial charge < -0.3 is 0 Å². The van der Waals surface area contributed by atoms with Crippen molar-refractivity contribution >= 4 is 16.8 Å². The summed E-state index contributed by atoms with van der Waals surface area (Å²) in [4.78, 5) is 8.22. The highest BCUT2D eigenvalue weighted by atomic mass is 35.5. The number of halogens is 1. The summed E-state index contributed by atoms with van der Waals surface area (Å²) in [7, 11) is 0. The molecule has 1 heterocycles. The van der Waals surface area contributed by atoms with Crippen molar-refractivity contribution < 1.29 is 0 Å². The molecule has 1 aromatic heterocycles. The fraction of sp³-hybridized carbons (Fsp3) is 0.333. The van der Waals surface area contributed by atoms with E-state index in [-0.39, 0.29) is 0 Å². The smallest absolute Gasteiger partial charge is 0.131 e. The van der Waals surface area contributed by atoms with Crippen molar-refractivity contribution in [2.45, 2.75) is 18.9 Å². The van der Waals surface area contributed by atoms with Gasteiger partial charge in [0.15, 0.2) is 0 Å². The Kier molecular flexibility index (Phi) is 2.09. The molecule has 62 valence electrons. The molecule has 0 amide bonds. The normalized spacial score (nSPS) is 17.9. The molecule has 2 nitrogen and oxygen atoms in total. The van der Waals surface area contributed by atoms with E-state index in [0.717, 1.165) is 5.56 Å². The lowest BCUT2D eigenvalue weighted by molar-refractivity contribution is 1.07. The van der Waals surface area contributed by atoms with Gasteiger partial charge in [0.05, 0.1) is 6.04 Å². The van der Waals surface area contributed by atoms with Gasteiger partial charge in [-0.05, 0) is 25.0 Å². The van der Waals surface area contributed by atoms with Crippen LogP contribution in [-0.4, -0.2) is 16.2 Å². The van der Waals surface area contributed by atoms with E-state index in [1.165, 1.54) is 12.8 Å². The van der Waals surface area contributed by atoms with Crippen LogP contribution in [0.5, 0.6) is 0 Å². The van der Waals surface area contributed by atoms with Crippen molar-refractivity contribution in [3.63, 3.8) is 0 Å². The second-order valence-corrected chi connectivity index (χ2v) is 3.24. The Morgan fingerprint density at radius 3 is 2.67 bits per heavy atom. The second kappa shape index (κ2) is 3.23. The van der Waals surface area contributed by atoms with Crippen LogP contribution in [0.15, 0.2) is 29.5 Å². The molecular weight excluding hydrogens is 172 g/mol. The molecule has 1 aromatic rings. The summed E-state index contributed by atoms with van der Waals surface area (Å²) in [5, 5.41) is 0.611. The van der Waals surface area contributed by atoms with E-state index >= 15 is 0 Å². The monoisotopic (exact) mass is 180 g/mol. The summed E-state index contributed by atoms with van der Waals surface area (Å²) in [6.07, 6.45) is 5.81. The first-order chi connectivity index (χ1) is 5.86. The fourth-order valence-electron chi connectivity index (χ4n) is 0.928. The van der Waals surface area contributed by atoms with Crippen molar-refractivity contribution in [1.82, 2.24) is 4.98 Å². The quantitative estimate of drug-likeness (QED) is 0.641. The van der Waals surface area contributed by atoms with Gasteiger partial charge in [-0.2, -0.15) is 0 Å². The zero-order chi connectivity index (χ0) is 8.39. The van der Waals surface area contributed by atoms with Gasteiger partial charge in [-0.3, -0.25) is 9.98 Å². The summed E-state index contributed by atoms with van der Waals surface area (Å²) >= 11 is 5.96. The third-order valence-electron chi connectivity index (χ3n) is 1.76. The Morgan fingerprint density at radius 1 is 1.42 bits per heavy atom. The summed E-state index contributed by atoms with van der Waals surface area (Å²) in [5.74, 6) is 0. The van der Waals surface area contributed by atoms with E-state index in [9.17, 15) is 0 Å². The first-order valence-electron chi connectivity index (χ1n) is 4.00. The molecule has 1 saturated carbocycles. The Bertz CT molecular complexity index is 291. The molecule has 2 rings (SSSR count). The summed E-state index contributed by atoms with van der Waals surface area (Å²) in [5.41, 5.74) is 0.957. The second-order valence-electron chi connectivity index (χ2n) is 2.89. The Labute approximate surface area is 76.3 Å². The zero-order valence-electron chi connectivity index (χ0n) is 6.57. The summed E-state index contributed by atoms with van der Waals surface area (Å²) < 4.78 is 0. The Hall–Kier alpha value is -0.890. The van der Waals surface area contributed by atoms with Gasteiger partial charge in [0.25, 0.3) is 0 Å². The number of pyridine rings is 1. The summed E-state index contributed by atoms with van der Waals surface area (Å²) in [6.45, 7) is 0. The van der Waals surface area contributed by atoms with Crippen LogP contribution in [0, 0.1) is 0 Å². The number of aliphatic imine (C=N–C) groups is 1. The maximum absolute atomic E-state index is 5.96. The molecule has 0 aliphatic heterocycles. The lowest BCUT2D eigenvalue weighted by Crippen LogP contribution is -1.92. The number of rotatable bonds is 2. The largest absolute Gasteiger partial charge is 0.269 e. The van der Waals surface area contributed by atoms with Gasteiger partial charge in [0, 0.05) is 18.0 Å². The third-order valence-corrected chi connectivity index (χ3v) is 2.08. The molecule has 1 aliphatic rings. The van der Waals surface area contributed by atoms with Crippen molar-refractivity contribution in [2.24, 2.45) is 4.99 Å². The maximum Gasteiger partial charge on any atom is 0.131 e. The van der Waals surface area contributed by atoms with Gasteiger partial charge in [-0.25, -0.2) is 0 Å². The van der Waals surface area contributed by atoms with Crippen LogP contribution in [0.2, 0.25) is 0 Å². The molecule has 0 atom stereocenters. The molecular formula is C9H9ClN2. The first kappa shape index (κ1) is 7.74. The predicted octanol–water partition coefficient (Wildman–Crippen LogP) is 2.23. The van der Waals surface area contributed by atoms with Crippen LogP contribution < -0.4 is 0 Å². The van der Waals surface area contributed by atoms with Gasteiger partial charge in [0.2, 0.25) is 0 Å². The van der Waals surface area contributed by atoms with Crippen LogP contribution >= 0.6 is 11.6 Å². The van der Waals surface area contributed by atoms with E-state index in [0.29, 0.717) is 11.2 Å². The SMILES string of the molecule is ClC(=NC1CC1)c1ccncc1. The molecule has 1 aliphatic carbocycles. The average molecular weight is 181 g/mol. The highest BCUT2D eigenvalue weighted by Crippen LogP contribution is 2.24. The molecule has 0 radical (unpaired) electrons. The standard InChI is InChI=1S/C9H9ClN2/c10-9(12-8-1-2-8)7-3-5-11-6-4-7/h3-6,8H,1-2H2. The Morgan fingerprint density at radius 2 is 2.08 bits per heavy atom. The predicted molar refractivity (Wildman–Crippen MR) is 49.6 cm³/mol. The molecule has 0 aromatic carbocycles. The van der Waals surface area contributed by atoms with Crippen LogP contribution in [0.3, 0.4) is 0 Å². The zero-order valence-corrected chi connectivity index (χ0v) is 7.33. The average Bonchev–Trinajstić information content (AvgIpc) is 2.90. The summed E-state index contributed by atoms with van der Waals surface area (Å²) in [6, 6.07) is 4.22. The van der Waals surface area contributed by atoms with Crippen LogP contribution in [0.1, 0.15) is 18.4 Å². The van der Waals surface area contributed by atoms with Crippen LogP contribution in [-0.2, 0) is 0 Å². The van der Waals surface area contributed by atoms with Crippen molar-refractivity contribution in [1.29, 1.82) is 0 Å². The highest BCUT2D eigenvalue weighted by molar-refractivity contribution is 6.69. The van der Waals surface area contributed by atoms with E-state index in [1.54, 1.807) is 12.4 Å². The number of nitrogens with zero attached hydrogens (tertiary/aromatic N) is 2. The molecule has 0 N–H and O–H groups in total. The molecule has 12 heavy (non-hydrogen) atoms. The van der Waals surface area contributed by atoms with Crippen LogP contribution in [0.4, 0.5) is 0 Å². The molecule has 0 saturated heterocycles. The highest BCUT2D eigenvalue weighted by Gasteiger charge is 2.20. The molecule has 0 unspecified atom stereocenters. The minimum atomic E-state index is 0.477. The van der Waals surface area contributed by atoms with Gasteiger partial charge in [-0.1, -0.05) is 11.6 Å². The minimum absolute atomic E-state index is 0.477. The third kappa shape index (κ3) is 1.83. The number of hydrogen-bond donors (Lipinski definition) is 0. The van der Waals surface area contributed by atoms with E-state index in [2.05, 4.69) is 9.98 Å². The van der Waals surface area contributed by atoms with E-state index in [4.69, 9.17) is 11.6 Å². The number of hydrogen-bond acceptors (Lipinski definition) is 2. The maximum atomic E-state index is 5.96. The van der Waals surface area contributed by atoms with Crippen LogP contribution in [0.25, 0.3) is 0 Å². The molecule has 0 bridgehead atoms. The molecule has 3 heteroatoms. The number of aromatic nitrogens is 1. The lowest BCUT2D eigenvalue weighted by Gasteiger charge is -1.95. The topological polar surface area (TPSA) is 25.2 Å². The van der Waals surface area contributed by atoms with Gasteiger partial charge in [-0.15, -0.1) is 0 Å². The molecule has 1 fully saturated rings. The van der Waals surface area contributed by atoms with E-state index in [1.807, 2.05) is 12.1 Å². The van der Waals surface area contributed by atoms with Gasteiger partial charge in [0.1, 0.15) is 5.17 Å². The fourth-order valence-corrected chi connectivity index (χ4v) is 1.19. The van der Waals surface area contributed by atoms with Crippen molar-refractivity contribution in [3.8, 4) is 0 Å².